The van der Waals surface area contributed by atoms with E-state index in [-0.39, 0.29) is 0 Å². The van der Waals surface area contributed by atoms with Gasteiger partial charge in [0.1, 0.15) is 5.75 Å². The van der Waals surface area contributed by atoms with E-state index in [1.165, 1.54) is 14.2 Å². The molecule has 0 atom stereocenters. The van der Waals surface area contributed by atoms with Crippen LogP contribution in [0.15, 0.2) is 18.2 Å². The van der Waals surface area contributed by atoms with Crippen LogP contribution in [0.25, 0.3) is 10.9 Å². The van der Waals surface area contributed by atoms with Gasteiger partial charge in [-0.2, -0.15) is 17.0 Å². The molecule has 6 nitrogen and oxygen atoms in total. The van der Waals surface area contributed by atoms with Gasteiger partial charge < -0.3 is 9.72 Å². The topological polar surface area (TPSA) is 65.6 Å². The van der Waals surface area contributed by atoms with Gasteiger partial charge in [0.15, 0.2) is 0 Å². The highest BCUT2D eigenvalue weighted by molar-refractivity contribution is 7.86. The Morgan fingerprint density at radius 2 is 2.10 bits per heavy atom. The first-order valence-electron chi connectivity index (χ1n) is 6.78. The van der Waals surface area contributed by atoms with Crippen LogP contribution in [-0.4, -0.2) is 49.8 Å². The Bertz CT molecular complexity index is 780. The van der Waals surface area contributed by atoms with E-state index >= 15 is 0 Å². The van der Waals surface area contributed by atoms with Gasteiger partial charge in [-0.25, -0.2) is 0 Å². The highest BCUT2D eigenvalue weighted by Gasteiger charge is 2.30. The van der Waals surface area contributed by atoms with Crippen molar-refractivity contribution < 1.29 is 13.2 Å². The molecule has 3 rings (SSSR count). The number of hydrogen-bond acceptors (Lipinski definition) is 3. The molecule has 1 N–H and O–H groups in total. The largest absolute Gasteiger partial charge is 0.497 e. The average Bonchev–Trinajstić information content (AvgIpc) is 2.83. The van der Waals surface area contributed by atoms with Crippen LogP contribution in [0, 0.1) is 0 Å². The summed E-state index contributed by atoms with van der Waals surface area (Å²) in [6, 6.07) is 5.87. The monoisotopic (exact) mass is 309 g/mol. The molecule has 2 heterocycles. The number of hydrogen-bond donors (Lipinski definition) is 1. The molecule has 0 amide bonds. The van der Waals surface area contributed by atoms with E-state index in [2.05, 4.69) is 4.98 Å². The van der Waals surface area contributed by atoms with Gasteiger partial charge in [-0.15, -0.1) is 0 Å². The normalized spacial score (nSPS) is 16.4. The number of nitrogens with one attached hydrogen (secondary N) is 1. The van der Waals surface area contributed by atoms with Crippen LogP contribution in [0.5, 0.6) is 5.75 Å². The number of H-pyrrole nitrogens is 1. The van der Waals surface area contributed by atoms with Gasteiger partial charge in [0, 0.05) is 37.2 Å². The van der Waals surface area contributed by atoms with Crippen LogP contribution in [0.1, 0.15) is 11.3 Å². The quantitative estimate of drug-likeness (QED) is 0.930. The molecular formula is C14H19N3O3S. The van der Waals surface area contributed by atoms with Crippen LogP contribution in [-0.2, 0) is 23.2 Å². The summed E-state index contributed by atoms with van der Waals surface area (Å²) < 4.78 is 32.5. The van der Waals surface area contributed by atoms with Gasteiger partial charge in [-0.05, 0) is 30.2 Å². The highest BCUT2D eigenvalue weighted by Crippen LogP contribution is 2.31. The summed E-state index contributed by atoms with van der Waals surface area (Å²) in [4.78, 5) is 3.33. The van der Waals surface area contributed by atoms with Crippen molar-refractivity contribution in [2.24, 2.45) is 0 Å². The summed E-state index contributed by atoms with van der Waals surface area (Å²) >= 11 is 0. The van der Waals surface area contributed by atoms with Crippen molar-refractivity contribution in [2.45, 2.75) is 13.0 Å². The second-order valence-electron chi connectivity index (χ2n) is 5.37. The molecule has 0 fully saturated rings. The molecule has 0 radical (unpaired) electrons. The molecule has 0 unspecified atom stereocenters. The van der Waals surface area contributed by atoms with Crippen molar-refractivity contribution in [3.8, 4) is 5.75 Å². The zero-order chi connectivity index (χ0) is 15.2. The van der Waals surface area contributed by atoms with Crippen LogP contribution in [0.4, 0.5) is 0 Å². The lowest BCUT2D eigenvalue weighted by atomic mass is 10.0. The standard InChI is InChI=1S/C14H19N3O3S/c1-16(2)21(18,19)17-7-6-11-12-8-10(20-3)4-5-13(12)15-14(11)9-17/h4-5,8,15H,6-7,9H2,1-3H3. The second kappa shape index (κ2) is 5.01. The van der Waals surface area contributed by atoms with Crippen molar-refractivity contribution >= 4 is 21.1 Å². The summed E-state index contributed by atoms with van der Waals surface area (Å²) in [5.41, 5.74) is 3.17. The first-order valence-corrected chi connectivity index (χ1v) is 8.18. The Hall–Kier alpha value is -1.57. The first-order chi connectivity index (χ1) is 9.93. The summed E-state index contributed by atoms with van der Waals surface area (Å²) in [5.74, 6) is 0.813. The predicted molar refractivity (Wildman–Crippen MR) is 81.6 cm³/mol. The number of benzene rings is 1. The van der Waals surface area contributed by atoms with Crippen molar-refractivity contribution in [2.75, 3.05) is 27.7 Å². The maximum absolute atomic E-state index is 12.2. The maximum atomic E-state index is 12.2. The Kier molecular flexibility index (Phi) is 3.43. The van der Waals surface area contributed by atoms with Crippen molar-refractivity contribution in [3.63, 3.8) is 0 Å². The minimum absolute atomic E-state index is 0.382. The van der Waals surface area contributed by atoms with Crippen molar-refractivity contribution in [1.29, 1.82) is 0 Å². The molecule has 1 aromatic carbocycles. The van der Waals surface area contributed by atoms with Crippen LogP contribution >= 0.6 is 0 Å². The van der Waals surface area contributed by atoms with E-state index in [1.807, 2.05) is 18.2 Å². The minimum atomic E-state index is -3.37. The molecule has 114 valence electrons. The van der Waals surface area contributed by atoms with Crippen molar-refractivity contribution in [1.82, 2.24) is 13.6 Å². The summed E-state index contributed by atoms with van der Waals surface area (Å²) in [5, 5.41) is 1.12. The number of rotatable bonds is 3. The summed E-state index contributed by atoms with van der Waals surface area (Å²) in [6.07, 6.45) is 0.704. The first kappa shape index (κ1) is 14.4. The van der Waals surface area contributed by atoms with Gasteiger partial charge in [0.2, 0.25) is 0 Å². The molecule has 0 aliphatic carbocycles. The molecular weight excluding hydrogens is 290 g/mol. The van der Waals surface area contributed by atoms with Crippen molar-refractivity contribution in [3.05, 3.63) is 29.5 Å². The van der Waals surface area contributed by atoms with Crippen LogP contribution in [0.2, 0.25) is 0 Å². The van der Waals surface area contributed by atoms with Gasteiger partial charge in [0.05, 0.1) is 13.7 Å². The summed E-state index contributed by atoms with van der Waals surface area (Å²) in [6.45, 7) is 0.879. The molecule has 0 bridgehead atoms. The third-order valence-corrected chi connectivity index (χ3v) is 5.82. The maximum Gasteiger partial charge on any atom is 0.281 e. The van der Waals surface area contributed by atoms with Gasteiger partial charge >= 0.3 is 0 Å². The Balaban J connectivity index is 2.01. The molecule has 0 spiro atoms. The number of methoxy groups -OCH3 is 1. The lowest BCUT2D eigenvalue weighted by Gasteiger charge is -2.28. The van der Waals surface area contributed by atoms with Crippen LogP contribution in [0.3, 0.4) is 0 Å². The smallest absolute Gasteiger partial charge is 0.281 e. The van der Waals surface area contributed by atoms with E-state index < -0.39 is 10.2 Å². The molecule has 1 aromatic heterocycles. The van der Waals surface area contributed by atoms with E-state index in [0.29, 0.717) is 19.5 Å². The number of fused-ring (bicyclic) bond motifs is 3. The molecule has 1 aliphatic rings. The van der Waals surface area contributed by atoms with E-state index in [1.54, 1.807) is 21.2 Å². The van der Waals surface area contributed by atoms with Gasteiger partial charge in [-0.1, -0.05) is 0 Å². The average molecular weight is 309 g/mol. The highest BCUT2D eigenvalue weighted by atomic mass is 32.2. The fourth-order valence-corrected chi connectivity index (χ4v) is 3.83. The predicted octanol–water partition coefficient (Wildman–Crippen LogP) is 1.34. The fourth-order valence-electron chi connectivity index (χ4n) is 2.75. The van der Waals surface area contributed by atoms with E-state index in [9.17, 15) is 8.42 Å². The Morgan fingerprint density at radius 3 is 2.76 bits per heavy atom. The SMILES string of the molecule is COc1ccc2[nH]c3c(c2c1)CCN(S(=O)(=O)N(C)C)C3. The molecule has 0 saturated carbocycles. The van der Waals surface area contributed by atoms with E-state index in [4.69, 9.17) is 4.74 Å². The second-order valence-corrected chi connectivity index (χ2v) is 7.51. The zero-order valence-corrected chi connectivity index (χ0v) is 13.2. The third-order valence-electron chi connectivity index (χ3n) is 3.94. The van der Waals surface area contributed by atoms with Crippen LogP contribution < -0.4 is 4.74 Å². The number of aromatic amines is 1. The Morgan fingerprint density at radius 1 is 1.33 bits per heavy atom. The lowest BCUT2D eigenvalue weighted by Crippen LogP contribution is -2.42. The molecule has 0 saturated heterocycles. The third kappa shape index (κ3) is 2.31. The number of nitrogens with zero attached hydrogens (tertiary/aromatic N) is 2. The van der Waals surface area contributed by atoms with E-state index in [0.717, 1.165) is 22.3 Å². The zero-order valence-electron chi connectivity index (χ0n) is 12.4. The molecule has 1 aliphatic heterocycles. The van der Waals surface area contributed by atoms with Gasteiger partial charge in [0.25, 0.3) is 10.2 Å². The summed E-state index contributed by atoms with van der Waals surface area (Å²) in [7, 11) is 1.39. The fraction of sp³-hybridized carbons (Fsp3) is 0.429. The number of aromatic nitrogens is 1. The molecule has 2 aromatic rings. The van der Waals surface area contributed by atoms with Gasteiger partial charge in [-0.3, -0.25) is 0 Å². The Labute approximate surface area is 124 Å². The molecule has 21 heavy (non-hydrogen) atoms. The molecule has 7 heteroatoms. The lowest BCUT2D eigenvalue weighted by molar-refractivity contribution is 0.356. The number of ether oxygens (including phenoxy) is 1. The minimum Gasteiger partial charge on any atom is -0.497 e.